The lowest BCUT2D eigenvalue weighted by atomic mass is 10.0. The van der Waals surface area contributed by atoms with E-state index in [0.29, 0.717) is 0 Å². The minimum atomic E-state index is 1.16. The normalized spacial score (nSPS) is 11.4. The van der Waals surface area contributed by atoms with Crippen LogP contribution in [0.5, 0.6) is 0 Å². The van der Waals surface area contributed by atoms with E-state index in [1.807, 2.05) is 0 Å². The van der Waals surface area contributed by atoms with Crippen molar-refractivity contribution in [1.29, 1.82) is 0 Å². The first kappa shape index (κ1) is 20.7. The second-order valence-electron chi connectivity index (χ2n) is 8.25. The van der Waals surface area contributed by atoms with Gasteiger partial charge in [0, 0.05) is 17.1 Å². The fourth-order valence-corrected chi connectivity index (χ4v) is 3.93. The molecular formula is C30H29N. The van der Waals surface area contributed by atoms with Crippen molar-refractivity contribution in [3.63, 3.8) is 0 Å². The molecule has 4 aromatic rings. The van der Waals surface area contributed by atoms with Gasteiger partial charge in [-0.25, -0.2) is 0 Å². The van der Waals surface area contributed by atoms with Crippen LogP contribution in [-0.4, -0.2) is 0 Å². The number of para-hydroxylation sites is 1. The standard InChI is InChI=1S/C30H29N/c1-22-10-13-26(14-11-22)21-24(3)27-15-17-29(18-16-27)31(28-8-6-5-7-9-28)30-19-12-23(2)20-25(30)4/h5-21H,1-4H3/b24-21+. The summed E-state index contributed by atoms with van der Waals surface area (Å²) in [6, 6.07) is 34.7. The summed E-state index contributed by atoms with van der Waals surface area (Å²) >= 11 is 0. The van der Waals surface area contributed by atoms with E-state index in [4.69, 9.17) is 0 Å². The van der Waals surface area contributed by atoms with E-state index in [9.17, 15) is 0 Å². The van der Waals surface area contributed by atoms with Crippen LogP contribution in [0.4, 0.5) is 17.1 Å². The van der Waals surface area contributed by atoms with Gasteiger partial charge in [0.1, 0.15) is 0 Å². The summed E-state index contributed by atoms with van der Waals surface area (Å²) in [5.74, 6) is 0. The molecule has 0 aliphatic rings. The second kappa shape index (κ2) is 9.06. The summed E-state index contributed by atoms with van der Waals surface area (Å²) < 4.78 is 0. The van der Waals surface area contributed by atoms with Gasteiger partial charge in [0.15, 0.2) is 0 Å². The minimum Gasteiger partial charge on any atom is -0.310 e. The first-order valence-electron chi connectivity index (χ1n) is 10.8. The summed E-state index contributed by atoms with van der Waals surface area (Å²) in [4.78, 5) is 2.33. The molecule has 4 aromatic carbocycles. The van der Waals surface area contributed by atoms with E-state index in [2.05, 4.69) is 136 Å². The lowest BCUT2D eigenvalue weighted by Gasteiger charge is -2.27. The molecule has 1 heteroatoms. The minimum absolute atomic E-state index is 1.16. The van der Waals surface area contributed by atoms with E-state index < -0.39 is 0 Å². The molecule has 0 saturated heterocycles. The zero-order chi connectivity index (χ0) is 21.8. The lowest BCUT2D eigenvalue weighted by molar-refractivity contribution is 1.24. The average molecular weight is 404 g/mol. The largest absolute Gasteiger partial charge is 0.310 e. The Hall–Kier alpha value is -3.58. The van der Waals surface area contributed by atoms with Crippen molar-refractivity contribution in [1.82, 2.24) is 0 Å². The third-order valence-electron chi connectivity index (χ3n) is 5.65. The molecule has 0 saturated carbocycles. The van der Waals surface area contributed by atoms with Gasteiger partial charge in [-0.2, -0.15) is 0 Å². The molecule has 31 heavy (non-hydrogen) atoms. The first-order valence-corrected chi connectivity index (χ1v) is 10.8. The highest BCUT2D eigenvalue weighted by Gasteiger charge is 2.14. The Balaban J connectivity index is 1.70. The summed E-state index contributed by atoms with van der Waals surface area (Å²) in [7, 11) is 0. The highest BCUT2D eigenvalue weighted by atomic mass is 15.1. The van der Waals surface area contributed by atoms with Crippen molar-refractivity contribution in [3.8, 4) is 0 Å². The van der Waals surface area contributed by atoms with Crippen molar-refractivity contribution in [2.24, 2.45) is 0 Å². The van der Waals surface area contributed by atoms with Gasteiger partial charge in [0.25, 0.3) is 0 Å². The zero-order valence-electron chi connectivity index (χ0n) is 18.8. The summed E-state index contributed by atoms with van der Waals surface area (Å²) in [6.07, 6.45) is 2.24. The third-order valence-corrected chi connectivity index (χ3v) is 5.65. The molecular weight excluding hydrogens is 374 g/mol. The molecule has 0 spiro atoms. The number of hydrogen-bond donors (Lipinski definition) is 0. The Bertz CT molecular complexity index is 1180. The van der Waals surface area contributed by atoms with E-state index in [1.54, 1.807) is 0 Å². The molecule has 0 radical (unpaired) electrons. The quantitative estimate of drug-likeness (QED) is 0.301. The maximum absolute atomic E-state index is 2.33. The van der Waals surface area contributed by atoms with Crippen LogP contribution < -0.4 is 4.90 Å². The molecule has 0 aromatic heterocycles. The predicted octanol–water partition coefficient (Wildman–Crippen LogP) is 8.64. The van der Waals surface area contributed by atoms with Crippen molar-refractivity contribution in [2.75, 3.05) is 4.90 Å². The number of hydrogen-bond acceptors (Lipinski definition) is 1. The summed E-state index contributed by atoms with van der Waals surface area (Å²) in [5, 5.41) is 0. The second-order valence-corrected chi connectivity index (χ2v) is 8.25. The Morgan fingerprint density at radius 3 is 1.90 bits per heavy atom. The molecule has 0 atom stereocenters. The molecule has 4 rings (SSSR count). The van der Waals surface area contributed by atoms with Crippen molar-refractivity contribution in [2.45, 2.75) is 27.7 Å². The monoisotopic (exact) mass is 403 g/mol. The Labute approximate surface area is 186 Å². The van der Waals surface area contributed by atoms with Gasteiger partial charge in [-0.3, -0.25) is 0 Å². The molecule has 0 aliphatic heterocycles. The SMILES string of the molecule is C/C(=C\c1ccc(C)cc1)c1ccc(N(c2ccccc2)c2ccc(C)cc2C)cc1. The number of rotatable bonds is 5. The number of anilines is 3. The van der Waals surface area contributed by atoms with E-state index in [0.717, 1.165) is 11.4 Å². The van der Waals surface area contributed by atoms with Crippen LogP contribution >= 0.6 is 0 Å². The van der Waals surface area contributed by atoms with Gasteiger partial charge in [0.05, 0.1) is 0 Å². The van der Waals surface area contributed by atoms with E-state index in [1.165, 1.54) is 39.1 Å². The highest BCUT2D eigenvalue weighted by molar-refractivity contribution is 5.83. The first-order chi connectivity index (χ1) is 15.0. The van der Waals surface area contributed by atoms with Gasteiger partial charge in [0.2, 0.25) is 0 Å². The average Bonchev–Trinajstić information content (AvgIpc) is 2.78. The smallest absolute Gasteiger partial charge is 0.0490 e. The molecule has 0 aliphatic carbocycles. The molecule has 0 N–H and O–H groups in total. The Kier molecular flexibility index (Phi) is 6.04. The van der Waals surface area contributed by atoms with Crippen LogP contribution in [0.15, 0.2) is 97.1 Å². The zero-order valence-corrected chi connectivity index (χ0v) is 18.8. The molecule has 0 unspecified atom stereocenters. The molecule has 1 nitrogen and oxygen atoms in total. The maximum Gasteiger partial charge on any atom is 0.0490 e. The third kappa shape index (κ3) is 4.78. The highest BCUT2D eigenvalue weighted by Crippen LogP contribution is 2.37. The van der Waals surface area contributed by atoms with Gasteiger partial charge < -0.3 is 4.90 Å². The molecule has 0 bridgehead atoms. The van der Waals surface area contributed by atoms with Crippen molar-refractivity contribution >= 4 is 28.7 Å². The van der Waals surface area contributed by atoms with Crippen LogP contribution in [0.1, 0.15) is 34.7 Å². The van der Waals surface area contributed by atoms with Crippen LogP contribution in [0, 0.1) is 20.8 Å². The number of aryl methyl sites for hydroxylation is 3. The van der Waals surface area contributed by atoms with Gasteiger partial charge in [-0.05, 0) is 80.3 Å². The fraction of sp³-hybridized carbons (Fsp3) is 0.133. The molecule has 0 fully saturated rings. The Morgan fingerprint density at radius 1 is 0.645 bits per heavy atom. The molecule has 0 heterocycles. The van der Waals surface area contributed by atoms with Crippen LogP contribution in [-0.2, 0) is 0 Å². The van der Waals surface area contributed by atoms with Gasteiger partial charge in [-0.1, -0.05) is 83.9 Å². The summed E-state index contributed by atoms with van der Waals surface area (Å²) in [5.41, 5.74) is 11.1. The summed E-state index contributed by atoms with van der Waals surface area (Å²) in [6.45, 7) is 8.62. The van der Waals surface area contributed by atoms with Gasteiger partial charge in [-0.15, -0.1) is 0 Å². The van der Waals surface area contributed by atoms with Crippen LogP contribution in [0.25, 0.3) is 11.6 Å². The number of benzene rings is 4. The molecule has 0 amide bonds. The fourth-order valence-electron chi connectivity index (χ4n) is 3.93. The Morgan fingerprint density at radius 2 is 1.26 bits per heavy atom. The topological polar surface area (TPSA) is 3.24 Å². The van der Waals surface area contributed by atoms with Crippen LogP contribution in [0.3, 0.4) is 0 Å². The van der Waals surface area contributed by atoms with Crippen molar-refractivity contribution in [3.05, 3.63) is 125 Å². The van der Waals surface area contributed by atoms with Crippen LogP contribution in [0.2, 0.25) is 0 Å². The van der Waals surface area contributed by atoms with Gasteiger partial charge >= 0.3 is 0 Å². The van der Waals surface area contributed by atoms with E-state index >= 15 is 0 Å². The van der Waals surface area contributed by atoms with Crippen molar-refractivity contribution < 1.29 is 0 Å². The number of allylic oxidation sites excluding steroid dienone is 1. The molecule has 154 valence electrons. The maximum atomic E-state index is 2.33. The number of nitrogens with zero attached hydrogens (tertiary/aromatic N) is 1. The lowest BCUT2D eigenvalue weighted by Crippen LogP contribution is -2.11. The van der Waals surface area contributed by atoms with E-state index in [-0.39, 0.29) is 0 Å². The predicted molar refractivity (Wildman–Crippen MR) is 135 cm³/mol.